The average molecular weight is 183 g/mol. The van der Waals surface area contributed by atoms with Crippen molar-refractivity contribution in [3.63, 3.8) is 0 Å². The second kappa shape index (κ2) is 4.40. The molecule has 0 fully saturated rings. The summed E-state index contributed by atoms with van der Waals surface area (Å²) in [5.41, 5.74) is 1.89. The molecule has 1 aromatic rings. The summed E-state index contributed by atoms with van der Waals surface area (Å²) in [5, 5.41) is 8.77. The molecule has 1 heterocycles. The van der Waals surface area contributed by atoms with Crippen LogP contribution in [0.25, 0.3) is 0 Å². The third-order valence-electron chi connectivity index (χ3n) is 1.51. The van der Waals surface area contributed by atoms with E-state index in [1.165, 1.54) is 0 Å². The molecule has 0 amide bonds. The lowest BCUT2D eigenvalue weighted by molar-refractivity contribution is 0.788. The van der Waals surface area contributed by atoms with Gasteiger partial charge in [-0.1, -0.05) is 18.7 Å². The van der Waals surface area contributed by atoms with Gasteiger partial charge in [-0.2, -0.15) is 5.10 Å². The van der Waals surface area contributed by atoms with Crippen molar-refractivity contribution in [3.05, 3.63) is 11.4 Å². The first-order valence-electron chi connectivity index (χ1n) is 4.04. The zero-order valence-electron chi connectivity index (χ0n) is 7.66. The molecule has 0 bridgehead atoms. The molecular formula is C8H13N3S. The van der Waals surface area contributed by atoms with Crippen LogP contribution >= 0.6 is 11.8 Å². The smallest absolute Gasteiger partial charge is 0.209 e. The Bertz CT molecular complexity index is 262. The molecular weight excluding hydrogens is 170 g/mol. The van der Waals surface area contributed by atoms with Crippen molar-refractivity contribution in [2.24, 2.45) is 0 Å². The van der Waals surface area contributed by atoms with E-state index >= 15 is 0 Å². The van der Waals surface area contributed by atoms with Gasteiger partial charge in [0.05, 0.1) is 11.4 Å². The quantitative estimate of drug-likeness (QED) is 0.672. The fraction of sp³-hybridized carbons (Fsp3) is 0.625. The lowest BCUT2D eigenvalue weighted by atomic mass is 10.4. The van der Waals surface area contributed by atoms with Crippen molar-refractivity contribution in [1.82, 2.24) is 15.2 Å². The minimum atomic E-state index is 0.792. The van der Waals surface area contributed by atoms with Gasteiger partial charge in [-0.15, -0.1) is 5.10 Å². The van der Waals surface area contributed by atoms with Gasteiger partial charge in [-0.3, -0.25) is 0 Å². The fourth-order valence-electron chi connectivity index (χ4n) is 0.691. The zero-order valence-corrected chi connectivity index (χ0v) is 8.48. The van der Waals surface area contributed by atoms with E-state index in [1.54, 1.807) is 11.8 Å². The second-order valence-electron chi connectivity index (χ2n) is 2.61. The molecule has 0 aliphatic carbocycles. The first-order valence-corrected chi connectivity index (χ1v) is 5.03. The summed E-state index contributed by atoms with van der Waals surface area (Å²) in [6.07, 6.45) is 1.14. The third-order valence-corrected chi connectivity index (χ3v) is 2.55. The van der Waals surface area contributed by atoms with Gasteiger partial charge in [0.15, 0.2) is 0 Å². The fourth-order valence-corrected chi connectivity index (χ4v) is 1.38. The van der Waals surface area contributed by atoms with Gasteiger partial charge in [-0.25, -0.2) is 4.98 Å². The van der Waals surface area contributed by atoms with Crippen LogP contribution in [0.2, 0.25) is 0 Å². The Hall–Kier alpha value is -0.640. The minimum absolute atomic E-state index is 0.792. The van der Waals surface area contributed by atoms with Crippen LogP contribution in [0.3, 0.4) is 0 Å². The van der Waals surface area contributed by atoms with Crippen LogP contribution < -0.4 is 0 Å². The van der Waals surface area contributed by atoms with Crippen molar-refractivity contribution in [1.29, 1.82) is 0 Å². The highest BCUT2D eigenvalue weighted by molar-refractivity contribution is 7.99. The SMILES string of the molecule is CCCSc1nnc(C)c(C)n1. The van der Waals surface area contributed by atoms with E-state index < -0.39 is 0 Å². The van der Waals surface area contributed by atoms with E-state index in [0.29, 0.717) is 0 Å². The highest BCUT2D eigenvalue weighted by Gasteiger charge is 2.00. The maximum atomic E-state index is 4.30. The van der Waals surface area contributed by atoms with Crippen molar-refractivity contribution in [2.75, 3.05) is 5.75 Å². The Balaban J connectivity index is 2.69. The molecule has 0 atom stereocenters. The van der Waals surface area contributed by atoms with Gasteiger partial charge in [0.1, 0.15) is 0 Å². The van der Waals surface area contributed by atoms with E-state index in [1.807, 2.05) is 13.8 Å². The van der Waals surface area contributed by atoms with Crippen molar-refractivity contribution >= 4 is 11.8 Å². The predicted octanol–water partition coefficient (Wildman–Crippen LogP) is 1.99. The molecule has 0 radical (unpaired) electrons. The molecule has 66 valence electrons. The number of aryl methyl sites for hydroxylation is 2. The summed E-state index contributed by atoms with van der Waals surface area (Å²) in [4.78, 5) is 4.30. The summed E-state index contributed by atoms with van der Waals surface area (Å²) >= 11 is 1.66. The minimum Gasteiger partial charge on any atom is -0.225 e. The number of hydrogen-bond donors (Lipinski definition) is 0. The van der Waals surface area contributed by atoms with Crippen LogP contribution in [0, 0.1) is 13.8 Å². The number of thioether (sulfide) groups is 1. The molecule has 12 heavy (non-hydrogen) atoms. The maximum Gasteiger partial charge on any atom is 0.209 e. The predicted molar refractivity (Wildman–Crippen MR) is 50.3 cm³/mol. The third kappa shape index (κ3) is 2.44. The molecule has 0 saturated carbocycles. The van der Waals surface area contributed by atoms with Crippen LogP contribution in [-0.4, -0.2) is 20.9 Å². The molecule has 0 N–H and O–H groups in total. The largest absolute Gasteiger partial charge is 0.225 e. The normalized spacial score (nSPS) is 10.2. The lowest BCUT2D eigenvalue weighted by Gasteiger charge is -1.99. The Morgan fingerprint density at radius 3 is 2.50 bits per heavy atom. The molecule has 4 heteroatoms. The molecule has 0 spiro atoms. The standard InChI is InChI=1S/C8H13N3S/c1-4-5-12-8-9-6(2)7(3)10-11-8/h4-5H2,1-3H3. The van der Waals surface area contributed by atoms with Gasteiger partial charge in [0.25, 0.3) is 0 Å². The maximum absolute atomic E-state index is 4.30. The highest BCUT2D eigenvalue weighted by atomic mass is 32.2. The summed E-state index contributed by atoms with van der Waals surface area (Å²) in [6.45, 7) is 6.02. The highest BCUT2D eigenvalue weighted by Crippen LogP contribution is 2.13. The number of rotatable bonds is 3. The van der Waals surface area contributed by atoms with Crippen LogP contribution in [-0.2, 0) is 0 Å². The summed E-state index contributed by atoms with van der Waals surface area (Å²) in [6, 6.07) is 0. The van der Waals surface area contributed by atoms with E-state index in [9.17, 15) is 0 Å². The van der Waals surface area contributed by atoms with Crippen LogP contribution in [0.4, 0.5) is 0 Å². The molecule has 0 aliphatic rings. The lowest BCUT2D eigenvalue weighted by Crippen LogP contribution is -1.97. The van der Waals surface area contributed by atoms with Gasteiger partial charge in [0, 0.05) is 5.75 Å². The molecule has 0 aromatic carbocycles. The summed E-state index contributed by atoms with van der Waals surface area (Å²) < 4.78 is 0. The summed E-state index contributed by atoms with van der Waals surface area (Å²) in [7, 11) is 0. The van der Waals surface area contributed by atoms with Gasteiger partial charge < -0.3 is 0 Å². The zero-order chi connectivity index (χ0) is 8.97. The first-order chi connectivity index (χ1) is 5.74. The van der Waals surface area contributed by atoms with Crippen molar-refractivity contribution < 1.29 is 0 Å². The molecule has 1 aromatic heterocycles. The molecule has 3 nitrogen and oxygen atoms in total. The summed E-state index contributed by atoms with van der Waals surface area (Å²) in [5.74, 6) is 1.06. The van der Waals surface area contributed by atoms with Gasteiger partial charge in [0.2, 0.25) is 5.16 Å². The molecule has 0 unspecified atom stereocenters. The Morgan fingerprint density at radius 2 is 1.92 bits per heavy atom. The van der Waals surface area contributed by atoms with Crippen LogP contribution in [0.15, 0.2) is 5.16 Å². The molecule has 0 aliphatic heterocycles. The second-order valence-corrected chi connectivity index (χ2v) is 3.68. The van der Waals surface area contributed by atoms with Gasteiger partial charge in [-0.05, 0) is 20.3 Å². The van der Waals surface area contributed by atoms with E-state index in [-0.39, 0.29) is 0 Å². The number of hydrogen-bond acceptors (Lipinski definition) is 4. The van der Waals surface area contributed by atoms with Crippen LogP contribution in [0.1, 0.15) is 24.7 Å². The Kier molecular flexibility index (Phi) is 3.47. The van der Waals surface area contributed by atoms with E-state index in [4.69, 9.17) is 0 Å². The van der Waals surface area contributed by atoms with Gasteiger partial charge >= 0.3 is 0 Å². The Morgan fingerprint density at radius 1 is 1.17 bits per heavy atom. The van der Waals surface area contributed by atoms with E-state index in [2.05, 4.69) is 22.1 Å². The Labute approximate surface area is 77.0 Å². The topological polar surface area (TPSA) is 38.7 Å². The monoisotopic (exact) mass is 183 g/mol. The first kappa shape index (κ1) is 9.45. The number of aromatic nitrogens is 3. The van der Waals surface area contributed by atoms with Crippen molar-refractivity contribution in [3.8, 4) is 0 Å². The van der Waals surface area contributed by atoms with E-state index in [0.717, 1.165) is 28.7 Å². The molecule has 0 saturated heterocycles. The average Bonchev–Trinajstić information content (AvgIpc) is 2.07. The molecule has 1 rings (SSSR count). The van der Waals surface area contributed by atoms with Crippen LogP contribution in [0.5, 0.6) is 0 Å². The number of nitrogens with zero attached hydrogens (tertiary/aromatic N) is 3. The van der Waals surface area contributed by atoms with Crippen molar-refractivity contribution in [2.45, 2.75) is 32.3 Å².